The third kappa shape index (κ3) is 4.92. The quantitative estimate of drug-likeness (QED) is 0.230. The molecule has 2 aliphatic carbocycles. The molecular weight excluding hydrogens is 487 g/mol. The van der Waals surface area contributed by atoms with Crippen LogP contribution in [0.1, 0.15) is 58.8 Å². The molecule has 2 fully saturated rings. The minimum absolute atomic E-state index is 0.0132. The number of nitrogens with zero attached hydrogens (tertiary/aromatic N) is 5. The summed E-state index contributed by atoms with van der Waals surface area (Å²) in [5.41, 5.74) is -1.30. The Balaban J connectivity index is 1.52. The van der Waals surface area contributed by atoms with Crippen LogP contribution < -0.4 is 5.32 Å². The van der Waals surface area contributed by atoms with Crippen LogP contribution in [0.25, 0.3) is 11.2 Å². The number of thioether (sulfide) groups is 1. The van der Waals surface area contributed by atoms with Crippen molar-refractivity contribution in [2.45, 2.75) is 74.5 Å². The van der Waals surface area contributed by atoms with Gasteiger partial charge in [-0.1, -0.05) is 36.0 Å². The van der Waals surface area contributed by atoms with E-state index in [2.05, 4.69) is 25.6 Å². The fourth-order valence-electron chi connectivity index (χ4n) is 4.21. The average molecular weight is 526 g/mol. The van der Waals surface area contributed by atoms with Crippen LogP contribution in [0.3, 0.4) is 0 Å². The third-order valence-corrected chi connectivity index (χ3v) is 6.95. The molecule has 12 heteroatoms. The van der Waals surface area contributed by atoms with Gasteiger partial charge >= 0.3 is 0 Å². The summed E-state index contributed by atoms with van der Waals surface area (Å²) in [7, 11) is 0. The molecule has 5 rings (SSSR count). The maximum Gasteiger partial charge on any atom is 0.191 e. The number of aliphatic hydroxyl groups is 3. The Kier molecular flexibility index (Phi) is 5.26. The minimum atomic E-state index is -2.66. The summed E-state index contributed by atoms with van der Waals surface area (Å²) in [6.45, 7) is -0.221. The molecule has 10 nitrogen and oxygen atoms in total. The van der Waals surface area contributed by atoms with E-state index in [0.717, 1.165) is 6.07 Å². The van der Waals surface area contributed by atoms with Crippen LogP contribution in [0.15, 0.2) is 23.4 Å². The Hall–Kier alpha value is -2.38. The van der Waals surface area contributed by atoms with Gasteiger partial charge in [0.05, 0.1) is 28.1 Å². The zero-order valence-corrected chi connectivity index (χ0v) is 20.3. The highest BCUT2D eigenvalue weighted by Gasteiger charge is 2.45. The molecule has 2 aliphatic rings. The zero-order chi connectivity index (χ0) is 31.7. The van der Waals surface area contributed by atoms with Gasteiger partial charge in [0.1, 0.15) is 18.0 Å². The highest BCUT2D eigenvalue weighted by molar-refractivity contribution is 7.99. The second-order valence-electron chi connectivity index (χ2n) is 8.55. The number of nitrogens with one attached hydrogen (secondary N) is 1. The number of aliphatic hydroxyl groups excluding tert-OH is 2. The first-order valence-corrected chi connectivity index (χ1v) is 12.3. The Morgan fingerprint density at radius 3 is 2.94 bits per heavy atom. The first-order chi connectivity index (χ1) is 19.9. The number of halogens is 1. The molecule has 2 saturated carbocycles. The van der Waals surface area contributed by atoms with Crippen LogP contribution in [0.5, 0.6) is 0 Å². The van der Waals surface area contributed by atoms with Gasteiger partial charge in [-0.15, -0.1) is 5.10 Å². The molecule has 0 saturated heterocycles. The number of aromatic nitrogens is 5. The number of fused-ring (bicyclic) bond motifs is 1. The van der Waals surface area contributed by atoms with E-state index in [4.69, 9.17) is 14.3 Å². The lowest BCUT2D eigenvalue weighted by atomic mass is 10.1. The molecule has 0 aliphatic heterocycles. The summed E-state index contributed by atoms with van der Waals surface area (Å²) in [4.78, 5) is 8.78. The number of ether oxygens (including phenoxy) is 1. The molecule has 0 radical (unpaired) electrons. The first kappa shape index (κ1) is 18.0. The van der Waals surface area contributed by atoms with Crippen molar-refractivity contribution in [2.75, 3.05) is 24.2 Å². The number of benzene rings is 1. The summed E-state index contributed by atoms with van der Waals surface area (Å²) < 4.78 is 77.7. The molecule has 2 aromatic heterocycles. The predicted octanol–water partition coefficient (Wildman–Crippen LogP) is 2.18. The molecule has 1 aromatic carbocycles. The standard InChI is InChI=1S/C24H31FN6O4S/c1-3-8-36-24-27-22(26-16-10-14(16)13-5-4-12(2)15(25)9-13)19-23(28-24)31(30-29-19)17-11-18(35-7-6-32)21(34)20(17)33/h4-5,9,14,16-18,20-21,32-34H,3,6-8,10-11H2,1-2H3,(H,26,27,28)/t14-,16+,17+,18-,20-,21+/m0/s1/i6D2,8D2,10D2,14D. The van der Waals surface area contributed by atoms with E-state index in [9.17, 15) is 19.7 Å². The molecule has 2 heterocycles. The predicted molar refractivity (Wildman–Crippen MR) is 133 cm³/mol. The molecule has 0 spiro atoms. The van der Waals surface area contributed by atoms with E-state index in [1.807, 2.05) is 0 Å². The number of hydrogen-bond acceptors (Lipinski definition) is 10. The topological polar surface area (TPSA) is 138 Å². The second-order valence-corrected chi connectivity index (χ2v) is 9.41. The average Bonchev–Trinajstić information content (AvgIpc) is 3.23. The van der Waals surface area contributed by atoms with E-state index in [0.29, 0.717) is 17.3 Å². The van der Waals surface area contributed by atoms with Crippen LogP contribution in [0.2, 0.25) is 0 Å². The van der Waals surface area contributed by atoms with Crippen molar-refractivity contribution in [1.29, 1.82) is 0 Å². The van der Waals surface area contributed by atoms with Gasteiger partial charge < -0.3 is 25.4 Å². The zero-order valence-electron chi connectivity index (χ0n) is 26.5. The SMILES string of the molecule is [2H]C([2H])(O)CO[C@H]1C[C@@H](n2nnc3c(N[C@@H]4C([2H])([2H])[C@@]4([2H])c4ccc(C)c(F)c4)nc(SC([2H])([2H])CC)nc32)[C@H](O)[C@@H]1O. The summed E-state index contributed by atoms with van der Waals surface area (Å²) in [6.07, 6.45) is -6.13. The Labute approximate surface area is 222 Å². The Morgan fingerprint density at radius 2 is 2.19 bits per heavy atom. The number of aryl methyl sites for hydroxylation is 1. The number of anilines is 1. The van der Waals surface area contributed by atoms with E-state index < -0.39 is 67.4 Å². The van der Waals surface area contributed by atoms with E-state index in [1.165, 1.54) is 16.8 Å². The van der Waals surface area contributed by atoms with E-state index in [1.54, 1.807) is 13.8 Å². The fourth-order valence-corrected chi connectivity index (χ4v) is 4.75. The molecule has 6 atom stereocenters. The van der Waals surface area contributed by atoms with Crippen LogP contribution in [0.4, 0.5) is 10.2 Å². The maximum absolute atomic E-state index is 14.4. The number of hydrogen-bond donors (Lipinski definition) is 4. The van der Waals surface area contributed by atoms with E-state index in [-0.39, 0.29) is 40.5 Å². The van der Waals surface area contributed by atoms with Crippen LogP contribution in [-0.2, 0) is 4.74 Å². The van der Waals surface area contributed by atoms with Gasteiger partial charge in [-0.25, -0.2) is 19.0 Å². The summed E-state index contributed by atoms with van der Waals surface area (Å²) >= 11 is 0.695. The van der Waals surface area contributed by atoms with Crippen molar-refractivity contribution < 1.29 is 34.0 Å². The Bertz CT molecular complexity index is 1530. The van der Waals surface area contributed by atoms with Gasteiger partial charge in [0.25, 0.3) is 0 Å². The first-order valence-electron chi connectivity index (χ1n) is 14.9. The van der Waals surface area contributed by atoms with Crippen molar-refractivity contribution in [3.05, 3.63) is 35.1 Å². The van der Waals surface area contributed by atoms with Crippen molar-refractivity contribution in [3.8, 4) is 0 Å². The Morgan fingerprint density at radius 1 is 1.36 bits per heavy atom. The van der Waals surface area contributed by atoms with Gasteiger partial charge in [-0.2, -0.15) is 0 Å². The molecule has 3 aromatic rings. The molecule has 0 amide bonds. The van der Waals surface area contributed by atoms with Gasteiger partial charge in [0.15, 0.2) is 22.1 Å². The number of rotatable bonds is 10. The van der Waals surface area contributed by atoms with Gasteiger partial charge in [0.2, 0.25) is 0 Å². The second kappa shape index (κ2) is 10.5. The smallest absolute Gasteiger partial charge is 0.191 e. The lowest BCUT2D eigenvalue weighted by Gasteiger charge is -2.17. The summed E-state index contributed by atoms with van der Waals surface area (Å²) in [5, 5.41) is 41.7. The largest absolute Gasteiger partial charge is 0.394 e. The molecular formula is C24H31FN6O4S. The van der Waals surface area contributed by atoms with Crippen molar-refractivity contribution in [1.82, 2.24) is 25.0 Å². The van der Waals surface area contributed by atoms with Crippen molar-refractivity contribution in [3.63, 3.8) is 0 Å². The van der Waals surface area contributed by atoms with Crippen molar-refractivity contribution in [2.24, 2.45) is 0 Å². The van der Waals surface area contributed by atoms with Gasteiger partial charge in [-0.3, -0.25) is 0 Å². The molecule has 194 valence electrons. The lowest BCUT2D eigenvalue weighted by Crippen LogP contribution is -2.33. The summed E-state index contributed by atoms with van der Waals surface area (Å²) in [6, 6.07) is 1.89. The summed E-state index contributed by atoms with van der Waals surface area (Å²) in [5.74, 6) is -2.53. The lowest BCUT2D eigenvalue weighted by molar-refractivity contribution is -0.0629. The minimum Gasteiger partial charge on any atom is -0.394 e. The van der Waals surface area contributed by atoms with Gasteiger partial charge in [0, 0.05) is 30.9 Å². The molecule has 0 bridgehead atoms. The third-order valence-electron chi connectivity index (χ3n) is 6.16. The van der Waals surface area contributed by atoms with Crippen LogP contribution >= 0.6 is 11.8 Å². The van der Waals surface area contributed by atoms with E-state index >= 15 is 0 Å². The normalized spacial score (nSPS) is 34.7. The van der Waals surface area contributed by atoms with Crippen LogP contribution in [0, 0.1) is 12.7 Å². The van der Waals surface area contributed by atoms with Crippen molar-refractivity contribution >= 4 is 28.7 Å². The van der Waals surface area contributed by atoms with Gasteiger partial charge in [-0.05, 0) is 36.9 Å². The maximum atomic E-state index is 14.4. The molecule has 4 N–H and O–H groups in total. The highest BCUT2D eigenvalue weighted by Crippen LogP contribution is 2.44. The molecule has 0 unspecified atom stereocenters. The fraction of sp³-hybridized carbons (Fsp3) is 0.583. The van der Waals surface area contributed by atoms with Crippen LogP contribution in [-0.4, -0.2) is 83.5 Å². The monoisotopic (exact) mass is 525 g/mol. The molecule has 36 heavy (non-hydrogen) atoms. The highest BCUT2D eigenvalue weighted by atomic mass is 32.2.